The minimum Gasteiger partial charge on any atom is -0.382 e. The zero-order valence-electron chi connectivity index (χ0n) is 11.2. The fourth-order valence-corrected chi connectivity index (χ4v) is 2.05. The lowest BCUT2D eigenvalue weighted by Crippen LogP contribution is -2.05. The molecule has 0 unspecified atom stereocenters. The van der Waals surface area contributed by atoms with Crippen molar-refractivity contribution >= 4 is 17.2 Å². The predicted molar refractivity (Wildman–Crippen MR) is 74.6 cm³/mol. The number of fused-ring (bicyclic) bond motifs is 1. The van der Waals surface area contributed by atoms with Crippen molar-refractivity contribution in [3.8, 4) is 0 Å². The molecular formula is C15H19NO3. The number of rotatable bonds is 8. The predicted octanol–water partition coefficient (Wildman–Crippen LogP) is 2.51. The van der Waals surface area contributed by atoms with Crippen molar-refractivity contribution in [3.63, 3.8) is 0 Å². The maximum absolute atomic E-state index is 10.8. The largest absolute Gasteiger partial charge is 0.382 e. The maximum atomic E-state index is 10.8. The Hall–Kier alpha value is -1.65. The van der Waals surface area contributed by atoms with Gasteiger partial charge in [-0.1, -0.05) is 12.1 Å². The van der Waals surface area contributed by atoms with Crippen molar-refractivity contribution < 1.29 is 14.3 Å². The molecule has 0 fully saturated rings. The van der Waals surface area contributed by atoms with Gasteiger partial charge in [-0.05, 0) is 23.9 Å². The highest BCUT2D eigenvalue weighted by Gasteiger charge is 2.02. The lowest BCUT2D eigenvalue weighted by molar-refractivity contribution is 0.0681. The summed E-state index contributed by atoms with van der Waals surface area (Å²) in [6.07, 6.45) is 3.87. The van der Waals surface area contributed by atoms with Crippen molar-refractivity contribution in [2.24, 2.45) is 0 Å². The summed E-state index contributed by atoms with van der Waals surface area (Å²) in [5, 5.41) is 1.16. The summed E-state index contributed by atoms with van der Waals surface area (Å²) in [7, 11) is 1.67. The molecule has 1 aromatic heterocycles. The Kier molecular flexibility index (Phi) is 5.12. The number of ether oxygens (including phenoxy) is 2. The Balaban J connectivity index is 1.91. The number of aromatic nitrogens is 1. The number of benzene rings is 1. The number of methoxy groups -OCH3 is 1. The number of aldehydes is 1. The lowest BCUT2D eigenvalue weighted by atomic mass is 10.2. The minimum absolute atomic E-state index is 0.634. The van der Waals surface area contributed by atoms with Crippen molar-refractivity contribution in [3.05, 3.63) is 36.0 Å². The van der Waals surface area contributed by atoms with E-state index < -0.39 is 0 Å². The molecule has 2 rings (SSSR count). The summed E-state index contributed by atoms with van der Waals surface area (Å²) in [4.78, 5) is 10.8. The molecule has 0 saturated carbocycles. The smallest absolute Gasteiger partial charge is 0.150 e. The highest BCUT2D eigenvalue weighted by atomic mass is 16.5. The molecule has 102 valence electrons. The first-order valence-electron chi connectivity index (χ1n) is 6.46. The zero-order chi connectivity index (χ0) is 13.5. The Bertz CT molecular complexity index is 533. The molecule has 0 atom stereocenters. The van der Waals surface area contributed by atoms with E-state index in [0.29, 0.717) is 18.8 Å². The molecule has 2 aromatic rings. The van der Waals surface area contributed by atoms with Crippen LogP contribution >= 0.6 is 0 Å². The second-order valence-corrected chi connectivity index (χ2v) is 4.40. The van der Waals surface area contributed by atoms with Crippen LogP contribution in [0.3, 0.4) is 0 Å². The van der Waals surface area contributed by atoms with Crippen molar-refractivity contribution in [2.45, 2.75) is 13.0 Å². The Morgan fingerprint density at radius 3 is 2.89 bits per heavy atom. The molecular weight excluding hydrogens is 242 g/mol. The Labute approximate surface area is 112 Å². The van der Waals surface area contributed by atoms with Gasteiger partial charge >= 0.3 is 0 Å². The van der Waals surface area contributed by atoms with Gasteiger partial charge < -0.3 is 14.0 Å². The van der Waals surface area contributed by atoms with Gasteiger partial charge in [-0.3, -0.25) is 4.79 Å². The summed E-state index contributed by atoms with van der Waals surface area (Å²) in [5.74, 6) is 0. The highest BCUT2D eigenvalue weighted by Crippen LogP contribution is 2.17. The molecule has 0 spiro atoms. The number of hydrogen-bond donors (Lipinski definition) is 0. The van der Waals surface area contributed by atoms with Crippen LogP contribution in [0.5, 0.6) is 0 Å². The van der Waals surface area contributed by atoms with Crippen LogP contribution in [-0.2, 0) is 16.0 Å². The average molecular weight is 261 g/mol. The molecule has 0 aliphatic carbocycles. The van der Waals surface area contributed by atoms with E-state index in [1.54, 1.807) is 7.11 Å². The van der Waals surface area contributed by atoms with Crippen LogP contribution in [0.2, 0.25) is 0 Å². The number of carbonyl (C=O) groups is 1. The van der Waals surface area contributed by atoms with Crippen LogP contribution in [0.1, 0.15) is 16.8 Å². The Morgan fingerprint density at radius 2 is 2.11 bits per heavy atom. The van der Waals surface area contributed by atoms with Crippen LogP contribution in [-0.4, -0.2) is 37.8 Å². The van der Waals surface area contributed by atoms with Crippen molar-refractivity contribution in [1.29, 1.82) is 0 Å². The molecule has 0 aliphatic heterocycles. The lowest BCUT2D eigenvalue weighted by Gasteiger charge is -2.06. The van der Waals surface area contributed by atoms with Gasteiger partial charge in [-0.2, -0.15) is 0 Å². The summed E-state index contributed by atoms with van der Waals surface area (Å²) in [6.45, 7) is 2.88. The average Bonchev–Trinajstić information content (AvgIpc) is 2.85. The maximum Gasteiger partial charge on any atom is 0.150 e. The SMILES string of the molecule is COCCOCCCn1ccc2ccc(C=O)cc21. The normalized spacial score (nSPS) is 11.0. The van der Waals surface area contributed by atoms with E-state index in [4.69, 9.17) is 9.47 Å². The summed E-state index contributed by atoms with van der Waals surface area (Å²) in [5.41, 5.74) is 1.81. The van der Waals surface area contributed by atoms with Gasteiger partial charge in [0.25, 0.3) is 0 Å². The fraction of sp³-hybridized carbons (Fsp3) is 0.400. The first-order valence-corrected chi connectivity index (χ1v) is 6.46. The summed E-state index contributed by atoms with van der Waals surface area (Å²) < 4.78 is 12.5. The third-order valence-corrected chi connectivity index (χ3v) is 3.05. The number of aryl methyl sites for hydroxylation is 1. The van der Waals surface area contributed by atoms with Crippen molar-refractivity contribution in [2.75, 3.05) is 26.9 Å². The summed E-state index contributed by atoms with van der Waals surface area (Å²) in [6, 6.07) is 7.81. The number of hydrogen-bond acceptors (Lipinski definition) is 3. The molecule has 0 amide bonds. The quantitative estimate of drug-likeness (QED) is 0.541. The molecule has 1 heterocycles. The van der Waals surface area contributed by atoms with E-state index >= 15 is 0 Å². The van der Waals surface area contributed by atoms with Crippen LogP contribution in [0.15, 0.2) is 30.5 Å². The first-order chi connectivity index (χ1) is 9.35. The first kappa shape index (κ1) is 13.8. The van der Waals surface area contributed by atoms with E-state index in [1.165, 1.54) is 0 Å². The molecule has 4 heteroatoms. The minimum atomic E-state index is 0.634. The number of carbonyl (C=O) groups excluding carboxylic acids is 1. The fourth-order valence-electron chi connectivity index (χ4n) is 2.05. The van der Waals surface area contributed by atoms with E-state index in [9.17, 15) is 4.79 Å². The third-order valence-electron chi connectivity index (χ3n) is 3.05. The van der Waals surface area contributed by atoms with Gasteiger partial charge in [0.15, 0.2) is 0 Å². The van der Waals surface area contributed by atoms with Crippen LogP contribution < -0.4 is 0 Å². The topological polar surface area (TPSA) is 40.5 Å². The third kappa shape index (κ3) is 3.66. The van der Waals surface area contributed by atoms with E-state index in [-0.39, 0.29) is 0 Å². The van der Waals surface area contributed by atoms with Gasteiger partial charge in [0, 0.05) is 37.5 Å². The van der Waals surface area contributed by atoms with E-state index in [0.717, 1.165) is 36.8 Å². The van der Waals surface area contributed by atoms with Crippen LogP contribution in [0.25, 0.3) is 10.9 Å². The molecule has 0 radical (unpaired) electrons. The Morgan fingerprint density at radius 1 is 1.21 bits per heavy atom. The van der Waals surface area contributed by atoms with E-state index in [2.05, 4.69) is 16.8 Å². The van der Waals surface area contributed by atoms with Gasteiger partial charge in [0.05, 0.1) is 13.2 Å². The molecule has 1 aromatic carbocycles. The van der Waals surface area contributed by atoms with Gasteiger partial charge in [-0.15, -0.1) is 0 Å². The molecule has 0 N–H and O–H groups in total. The molecule has 0 saturated heterocycles. The molecule has 4 nitrogen and oxygen atoms in total. The van der Waals surface area contributed by atoms with Gasteiger partial charge in [0.2, 0.25) is 0 Å². The van der Waals surface area contributed by atoms with Crippen LogP contribution in [0.4, 0.5) is 0 Å². The number of nitrogens with zero attached hydrogens (tertiary/aromatic N) is 1. The van der Waals surface area contributed by atoms with Crippen molar-refractivity contribution in [1.82, 2.24) is 4.57 Å². The van der Waals surface area contributed by atoms with Crippen LogP contribution in [0, 0.1) is 0 Å². The second-order valence-electron chi connectivity index (χ2n) is 4.40. The second kappa shape index (κ2) is 7.07. The monoisotopic (exact) mass is 261 g/mol. The molecule has 19 heavy (non-hydrogen) atoms. The zero-order valence-corrected chi connectivity index (χ0v) is 11.2. The summed E-state index contributed by atoms with van der Waals surface area (Å²) >= 11 is 0. The van der Waals surface area contributed by atoms with E-state index in [1.807, 2.05) is 18.2 Å². The molecule has 0 bridgehead atoms. The standard InChI is InChI=1S/C15H19NO3/c1-18-9-10-19-8-2-6-16-7-5-14-4-3-13(12-17)11-15(14)16/h3-5,7,11-12H,2,6,8-10H2,1H3. The van der Waals surface area contributed by atoms with Gasteiger partial charge in [0.1, 0.15) is 6.29 Å². The van der Waals surface area contributed by atoms with Gasteiger partial charge in [-0.25, -0.2) is 0 Å². The molecule has 0 aliphatic rings. The highest BCUT2D eigenvalue weighted by molar-refractivity contribution is 5.87.